The van der Waals surface area contributed by atoms with Gasteiger partial charge in [-0.1, -0.05) is 20.8 Å². The van der Waals surface area contributed by atoms with Crippen molar-refractivity contribution in [3.63, 3.8) is 0 Å². The Morgan fingerprint density at radius 3 is 2.64 bits per heavy atom. The van der Waals surface area contributed by atoms with Gasteiger partial charge in [-0.2, -0.15) is 5.10 Å². The molecule has 2 rings (SSSR count). The lowest BCUT2D eigenvalue weighted by molar-refractivity contribution is 0.344. The maximum Gasteiger partial charge on any atom is 0.0522 e. The van der Waals surface area contributed by atoms with Gasteiger partial charge in [0.1, 0.15) is 0 Å². The summed E-state index contributed by atoms with van der Waals surface area (Å²) in [5.41, 5.74) is 2.87. The van der Waals surface area contributed by atoms with E-state index >= 15 is 0 Å². The molecule has 1 aliphatic heterocycles. The monoisotopic (exact) mass is 193 g/mol. The predicted octanol–water partition coefficient (Wildman–Crippen LogP) is 1.47. The van der Waals surface area contributed by atoms with Crippen LogP contribution in [0.2, 0.25) is 0 Å². The van der Waals surface area contributed by atoms with Crippen molar-refractivity contribution < 1.29 is 0 Å². The zero-order valence-corrected chi connectivity index (χ0v) is 9.22. The van der Waals surface area contributed by atoms with Crippen molar-refractivity contribution in [2.45, 2.75) is 32.6 Å². The van der Waals surface area contributed by atoms with Gasteiger partial charge in [0.15, 0.2) is 0 Å². The molecule has 0 spiro atoms. The van der Waals surface area contributed by atoms with Crippen molar-refractivity contribution in [1.82, 2.24) is 15.5 Å². The van der Waals surface area contributed by atoms with Gasteiger partial charge in [-0.3, -0.25) is 5.10 Å². The Morgan fingerprint density at radius 1 is 1.43 bits per heavy atom. The van der Waals surface area contributed by atoms with E-state index in [9.17, 15) is 0 Å². The lowest BCUT2D eigenvalue weighted by atomic mass is 9.85. The van der Waals surface area contributed by atoms with E-state index in [0.717, 1.165) is 25.4 Å². The Kier molecular flexibility index (Phi) is 2.35. The highest BCUT2D eigenvalue weighted by atomic mass is 15.1. The normalized spacial score (nSPS) is 18.2. The Morgan fingerprint density at radius 2 is 2.14 bits per heavy atom. The summed E-state index contributed by atoms with van der Waals surface area (Å²) < 4.78 is 0. The molecule has 1 aromatic rings. The van der Waals surface area contributed by atoms with Gasteiger partial charge >= 0.3 is 0 Å². The molecule has 3 heteroatoms. The number of aromatic amines is 1. The highest BCUT2D eigenvalue weighted by molar-refractivity contribution is 5.24. The van der Waals surface area contributed by atoms with E-state index in [2.05, 4.69) is 36.3 Å². The first kappa shape index (κ1) is 9.71. The molecule has 0 saturated carbocycles. The highest BCUT2D eigenvalue weighted by Crippen LogP contribution is 2.25. The first-order valence-corrected chi connectivity index (χ1v) is 5.31. The van der Waals surface area contributed by atoms with Gasteiger partial charge in [-0.05, 0) is 31.0 Å². The maximum absolute atomic E-state index is 4.15. The summed E-state index contributed by atoms with van der Waals surface area (Å²) in [7, 11) is 0. The van der Waals surface area contributed by atoms with Crippen LogP contribution in [0.15, 0.2) is 6.20 Å². The van der Waals surface area contributed by atoms with Crippen molar-refractivity contribution in [3.8, 4) is 0 Å². The molecule has 0 bridgehead atoms. The fraction of sp³-hybridized carbons (Fsp3) is 0.727. The van der Waals surface area contributed by atoms with E-state index < -0.39 is 0 Å². The number of aromatic nitrogens is 2. The molecule has 0 aliphatic carbocycles. The predicted molar refractivity (Wildman–Crippen MR) is 57.4 cm³/mol. The van der Waals surface area contributed by atoms with E-state index in [4.69, 9.17) is 0 Å². The molecule has 0 atom stereocenters. The minimum atomic E-state index is 0.184. The van der Waals surface area contributed by atoms with Crippen molar-refractivity contribution >= 4 is 0 Å². The van der Waals surface area contributed by atoms with Gasteiger partial charge in [-0.25, -0.2) is 0 Å². The minimum absolute atomic E-state index is 0.184. The van der Waals surface area contributed by atoms with E-state index in [0.29, 0.717) is 0 Å². The van der Waals surface area contributed by atoms with Crippen molar-refractivity contribution in [2.75, 3.05) is 13.1 Å². The van der Waals surface area contributed by atoms with E-state index in [-0.39, 0.29) is 5.41 Å². The van der Waals surface area contributed by atoms with Crippen LogP contribution in [0.25, 0.3) is 0 Å². The molecule has 1 fully saturated rings. The average molecular weight is 193 g/mol. The maximum atomic E-state index is 4.15. The molecule has 0 unspecified atom stereocenters. The lowest BCUT2D eigenvalue weighted by Gasteiger charge is -2.28. The quantitative estimate of drug-likeness (QED) is 0.746. The van der Waals surface area contributed by atoms with Crippen molar-refractivity contribution in [1.29, 1.82) is 0 Å². The summed E-state index contributed by atoms with van der Waals surface area (Å²) in [6.45, 7) is 9.00. The highest BCUT2D eigenvalue weighted by Gasteiger charge is 2.24. The zero-order chi connectivity index (χ0) is 10.2. The summed E-state index contributed by atoms with van der Waals surface area (Å²) in [5.74, 6) is 0.814. The topological polar surface area (TPSA) is 40.7 Å². The van der Waals surface area contributed by atoms with Crippen LogP contribution in [0.5, 0.6) is 0 Å². The van der Waals surface area contributed by atoms with Gasteiger partial charge in [-0.15, -0.1) is 0 Å². The van der Waals surface area contributed by atoms with Crippen LogP contribution in [0.4, 0.5) is 0 Å². The SMILES string of the molecule is CC(C)(C)c1[nH]ncc1CC1CNC1. The van der Waals surface area contributed by atoms with Gasteiger partial charge in [0.25, 0.3) is 0 Å². The lowest BCUT2D eigenvalue weighted by Crippen LogP contribution is -2.43. The number of H-pyrrole nitrogens is 1. The van der Waals surface area contributed by atoms with E-state index in [1.807, 2.05) is 6.20 Å². The smallest absolute Gasteiger partial charge is 0.0522 e. The summed E-state index contributed by atoms with van der Waals surface area (Å²) >= 11 is 0. The van der Waals surface area contributed by atoms with Crippen LogP contribution in [0.1, 0.15) is 32.0 Å². The molecule has 78 valence electrons. The number of rotatable bonds is 2. The van der Waals surface area contributed by atoms with Gasteiger partial charge in [0.05, 0.1) is 6.20 Å². The number of hydrogen-bond acceptors (Lipinski definition) is 2. The van der Waals surface area contributed by atoms with Gasteiger partial charge < -0.3 is 5.32 Å². The Bertz CT molecular complexity index is 305. The van der Waals surface area contributed by atoms with Crippen LogP contribution in [0.3, 0.4) is 0 Å². The number of nitrogens with one attached hydrogen (secondary N) is 2. The molecule has 2 N–H and O–H groups in total. The summed E-state index contributed by atoms with van der Waals surface area (Å²) in [6.07, 6.45) is 3.15. The summed E-state index contributed by atoms with van der Waals surface area (Å²) in [6, 6.07) is 0. The second kappa shape index (κ2) is 3.39. The van der Waals surface area contributed by atoms with E-state index in [1.165, 1.54) is 11.3 Å². The van der Waals surface area contributed by atoms with Crippen molar-refractivity contribution in [2.24, 2.45) is 5.92 Å². The zero-order valence-electron chi connectivity index (χ0n) is 9.22. The summed E-state index contributed by atoms with van der Waals surface area (Å²) in [4.78, 5) is 0. The van der Waals surface area contributed by atoms with Crippen LogP contribution in [0, 0.1) is 5.92 Å². The Labute approximate surface area is 85.3 Å². The molecule has 2 heterocycles. The number of nitrogens with zero attached hydrogens (tertiary/aromatic N) is 1. The third kappa shape index (κ3) is 1.82. The molecule has 0 radical (unpaired) electrons. The third-order valence-corrected chi connectivity index (χ3v) is 2.84. The average Bonchev–Trinajstić information content (AvgIpc) is 2.42. The second-order valence-corrected chi connectivity index (χ2v) is 5.25. The molecule has 0 aromatic carbocycles. The molecular formula is C11H19N3. The number of hydrogen-bond donors (Lipinski definition) is 2. The van der Waals surface area contributed by atoms with Crippen molar-refractivity contribution in [3.05, 3.63) is 17.5 Å². The Balaban J connectivity index is 2.12. The molecule has 3 nitrogen and oxygen atoms in total. The molecule has 0 amide bonds. The van der Waals surface area contributed by atoms with Crippen LogP contribution < -0.4 is 5.32 Å². The molecule has 1 aliphatic rings. The fourth-order valence-corrected chi connectivity index (χ4v) is 1.92. The first-order chi connectivity index (χ1) is 6.57. The van der Waals surface area contributed by atoms with E-state index in [1.54, 1.807) is 0 Å². The van der Waals surface area contributed by atoms with Crippen LogP contribution in [-0.4, -0.2) is 23.3 Å². The molecule has 1 saturated heterocycles. The molecule has 14 heavy (non-hydrogen) atoms. The minimum Gasteiger partial charge on any atom is -0.316 e. The standard InChI is InChI=1S/C11H19N3/c1-11(2,3)10-9(7-13-14-10)4-8-5-12-6-8/h7-8,12H,4-6H2,1-3H3,(H,13,14). The second-order valence-electron chi connectivity index (χ2n) is 5.25. The third-order valence-electron chi connectivity index (χ3n) is 2.84. The van der Waals surface area contributed by atoms with Crippen LogP contribution in [-0.2, 0) is 11.8 Å². The Hall–Kier alpha value is -0.830. The van der Waals surface area contributed by atoms with Crippen LogP contribution >= 0.6 is 0 Å². The molecular weight excluding hydrogens is 174 g/mol. The van der Waals surface area contributed by atoms with Gasteiger partial charge in [0.2, 0.25) is 0 Å². The van der Waals surface area contributed by atoms with Gasteiger partial charge in [0, 0.05) is 11.1 Å². The fourth-order valence-electron chi connectivity index (χ4n) is 1.92. The largest absolute Gasteiger partial charge is 0.316 e. The first-order valence-electron chi connectivity index (χ1n) is 5.31. The summed E-state index contributed by atoms with van der Waals surface area (Å²) in [5, 5.41) is 10.6. The molecule has 1 aromatic heterocycles.